The number of halogens is 3. The van der Waals surface area contributed by atoms with E-state index in [-0.39, 0.29) is 5.91 Å². The normalized spacial score (nSPS) is 14.5. The molecule has 1 aliphatic heterocycles. The third-order valence-electron chi connectivity index (χ3n) is 3.49. The Labute approximate surface area is 160 Å². The number of hydrogen-bond acceptors (Lipinski definition) is 4. The highest BCUT2D eigenvalue weighted by Gasteiger charge is 2.34. The molecule has 0 fully saturated rings. The molecule has 1 unspecified atom stereocenters. The van der Waals surface area contributed by atoms with Gasteiger partial charge in [0.2, 0.25) is 3.79 Å². The molecule has 5 nitrogen and oxygen atoms in total. The van der Waals surface area contributed by atoms with E-state index in [2.05, 4.69) is 10.6 Å². The summed E-state index contributed by atoms with van der Waals surface area (Å²) in [6.45, 7) is 0.971. The minimum Gasteiger partial charge on any atom is -0.486 e. The molecule has 1 heterocycles. The lowest BCUT2D eigenvalue weighted by Crippen LogP contribution is -2.49. The minimum absolute atomic E-state index is 0.359. The molecule has 8 heteroatoms. The zero-order valence-corrected chi connectivity index (χ0v) is 15.2. The molecule has 3 rings (SSSR count). The van der Waals surface area contributed by atoms with Gasteiger partial charge in [0.25, 0.3) is 5.91 Å². The van der Waals surface area contributed by atoms with Crippen molar-refractivity contribution in [2.75, 3.05) is 18.5 Å². The van der Waals surface area contributed by atoms with Gasteiger partial charge in [0.1, 0.15) is 19.4 Å². The standard InChI is InChI=1S/C17H15Cl3N2O3/c18-17(19,20)16(22-15(23)11-4-2-1-3-5-11)21-12-6-7-13-14(10-12)25-9-8-24-13/h1-7,10,16,21H,8-9H2,(H,22,23). The van der Waals surface area contributed by atoms with Gasteiger partial charge in [0.05, 0.1) is 0 Å². The second kappa shape index (κ2) is 7.60. The highest BCUT2D eigenvalue weighted by atomic mass is 35.6. The molecule has 1 atom stereocenters. The average Bonchev–Trinajstić information content (AvgIpc) is 2.61. The summed E-state index contributed by atoms with van der Waals surface area (Å²) in [4.78, 5) is 12.4. The molecule has 1 amide bonds. The van der Waals surface area contributed by atoms with E-state index < -0.39 is 9.96 Å². The topological polar surface area (TPSA) is 59.6 Å². The molecule has 2 aromatic carbocycles. The van der Waals surface area contributed by atoms with Gasteiger partial charge in [0, 0.05) is 17.3 Å². The summed E-state index contributed by atoms with van der Waals surface area (Å²) in [5.74, 6) is 0.881. The maximum absolute atomic E-state index is 12.4. The van der Waals surface area contributed by atoms with E-state index in [1.807, 2.05) is 6.07 Å². The second-order valence-electron chi connectivity index (χ2n) is 5.32. The number of amides is 1. The maximum atomic E-state index is 12.4. The second-order valence-corrected chi connectivity index (χ2v) is 7.69. The maximum Gasteiger partial charge on any atom is 0.252 e. The Morgan fingerprint density at radius 3 is 2.36 bits per heavy atom. The van der Waals surface area contributed by atoms with E-state index >= 15 is 0 Å². The Bertz CT molecular complexity index is 751. The van der Waals surface area contributed by atoms with Gasteiger partial charge in [-0.15, -0.1) is 0 Å². The van der Waals surface area contributed by atoms with Crippen LogP contribution in [-0.4, -0.2) is 29.1 Å². The van der Waals surface area contributed by atoms with Crippen molar-refractivity contribution in [1.82, 2.24) is 5.32 Å². The van der Waals surface area contributed by atoms with Crippen LogP contribution in [0.4, 0.5) is 5.69 Å². The van der Waals surface area contributed by atoms with E-state index in [1.165, 1.54) is 0 Å². The van der Waals surface area contributed by atoms with Gasteiger partial charge < -0.3 is 20.1 Å². The zero-order chi connectivity index (χ0) is 17.9. The van der Waals surface area contributed by atoms with Gasteiger partial charge in [-0.3, -0.25) is 4.79 Å². The summed E-state index contributed by atoms with van der Waals surface area (Å²) < 4.78 is 9.24. The van der Waals surface area contributed by atoms with E-state index in [0.717, 1.165) is 0 Å². The van der Waals surface area contributed by atoms with Crippen molar-refractivity contribution in [2.45, 2.75) is 9.96 Å². The predicted molar refractivity (Wildman–Crippen MR) is 99.0 cm³/mol. The molecule has 0 bridgehead atoms. The number of nitrogens with one attached hydrogen (secondary N) is 2. The number of ether oxygens (including phenoxy) is 2. The van der Waals surface area contributed by atoms with Crippen molar-refractivity contribution >= 4 is 46.4 Å². The quantitative estimate of drug-likeness (QED) is 0.600. The van der Waals surface area contributed by atoms with Crippen LogP contribution in [0.15, 0.2) is 48.5 Å². The molecule has 2 aromatic rings. The molecule has 2 N–H and O–H groups in total. The summed E-state index contributed by atoms with van der Waals surface area (Å²) in [5.41, 5.74) is 1.08. The molecule has 0 aliphatic carbocycles. The van der Waals surface area contributed by atoms with Crippen LogP contribution in [0.25, 0.3) is 0 Å². The van der Waals surface area contributed by atoms with Crippen LogP contribution in [0, 0.1) is 0 Å². The SMILES string of the molecule is O=C(NC(Nc1ccc2c(c1)OCCO2)C(Cl)(Cl)Cl)c1ccccc1. The molecule has 0 saturated heterocycles. The highest BCUT2D eigenvalue weighted by molar-refractivity contribution is 6.68. The van der Waals surface area contributed by atoms with Crippen LogP contribution in [0.3, 0.4) is 0 Å². The smallest absolute Gasteiger partial charge is 0.252 e. The largest absolute Gasteiger partial charge is 0.486 e. The zero-order valence-electron chi connectivity index (χ0n) is 13.0. The first kappa shape index (κ1) is 18.0. The van der Waals surface area contributed by atoms with Gasteiger partial charge in [-0.05, 0) is 24.3 Å². The third-order valence-corrected chi connectivity index (χ3v) is 4.15. The Morgan fingerprint density at radius 1 is 1.00 bits per heavy atom. The van der Waals surface area contributed by atoms with E-state index in [1.54, 1.807) is 42.5 Å². The van der Waals surface area contributed by atoms with Crippen LogP contribution >= 0.6 is 34.8 Å². The lowest BCUT2D eigenvalue weighted by Gasteiger charge is -2.28. The van der Waals surface area contributed by atoms with Gasteiger partial charge in [-0.25, -0.2) is 0 Å². The lowest BCUT2D eigenvalue weighted by atomic mass is 10.2. The molecule has 132 valence electrons. The monoisotopic (exact) mass is 400 g/mol. The number of alkyl halides is 3. The number of carbonyl (C=O) groups is 1. The van der Waals surface area contributed by atoms with E-state index in [9.17, 15) is 4.79 Å². The fourth-order valence-corrected chi connectivity index (χ4v) is 2.63. The number of benzene rings is 2. The van der Waals surface area contributed by atoms with Gasteiger partial charge in [-0.1, -0.05) is 53.0 Å². The lowest BCUT2D eigenvalue weighted by molar-refractivity contribution is 0.0942. The van der Waals surface area contributed by atoms with Crippen LogP contribution in [0.2, 0.25) is 0 Å². The van der Waals surface area contributed by atoms with Crippen LogP contribution < -0.4 is 20.1 Å². The molecular formula is C17H15Cl3N2O3. The molecular weight excluding hydrogens is 387 g/mol. The van der Waals surface area contributed by atoms with Crippen LogP contribution in [0.5, 0.6) is 11.5 Å². The summed E-state index contributed by atoms with van der Waals surface area (Å²) in [5, 5.41) is 5.69. The summed E-state index contributed by atoms with van der Waals surface area (Å²) >= 11 is 18.1. The fraction of sp³-hybridized carbons (Fsp3) is 0.235. The van der Waals surface area contributed by atoms with Gasteiger partial charge >= 0.3 is 0 Å². The molecule has 0 radical (unpaired) electrons. The first-order valence-corrected chi connectivity index (χ1v) is 8.66. The Kier molecular flexibility index (Phi) is 5.47. The summed E-state index contributed by atoms with van der Waals surface area (Å²) in [6, 6.07) is 13.9. The summed E-state index contributed by atoms with van der Waals surface area (Å²) in [6.07, 6.45) is -0.951. The van der Waals surface area contributed by atoms with Crippen molar-refractivity contribution in [3.8, 4) is 11.5 Å². The van der Waals surface area contributed by atoms with Crippen molar-refractivity contribution < 1.29 is 14.3 Å². The van der Waals surface area contributed by atoms with Crippen molar-refractivity contribution in [3.05, 3.63) is 54.1 Å². The first-order valence-electron chi connectivity index (χ1n) is 7.52. The Balaban J connectivity index is 1.76. The van der Waals surface area contributed by atoms with E-state index in [4.69, 9.17) is 44.3 Å². The van der Waals surface area contributed by atoms with E-state index in [0.29, 0.717) is 36.0 Å². The minimum atomic E-state index is -1.77. The molecule has 0 spiro atoms. The molecule has 1 aliphatic rings. The fourth-order valence-electron chi connectivity index (χ4n) is 2.30. The molecule has 25 heavy (non-hydrogen) atoms. The predicted octanol–water partition coefficient (Wildman–Crippen LogP) is 4.00. The van der Waals surface area contributed by atoms with Crippen molar-refractivity contribution in [3.63, 3.8) is 0 Å². The number of hydrogen-bond donors (Lipinski definition) is 2. The average molecular weight is 402 g/mol. The van der Waals surface area contributed by atoms with Crippen molar-refractivity contribution in [1.29, 1.82) is 0 Å². The Morgan fingerprint density at radius 2 is 1.68 bits per heavy atom. The highest BCUT2D eigenvalue weighted by Crippen LogP contribution is 2.35. The number of fused-ring (bicyclic) bond motifs is 1. The number of anilines is 1. The van der Waals surface area contributed by atoms with Gasteiger partial charge in [-0.2, -0.15) is 0 Å². The Hall–Kier alpha value is -1.82. The van der Waals surface area contributed by atoms with Crippen LogP contribution in [-0.2, 0) is 0 Å². The van der Waals surface area contributed by atoms with Crippen LogP contribution in [0.1, 0.15) is 10.4 Å². The number of carbonyl (C=O) groups excluding carboxylic acids is 1. The van der Waals surface area contributed by atoms with Crippen molar-refractivity contribution in [2.24, 2.45) is 0 Å². The van der Waals surface area contributed by atoms with Gasteiger partial charge in [0.15, 0.2) is 11.5 Å². The first-order chi connectivity index (χ1) is 11.9. The summed E-state index contributed by atoms with van der Waals surface area (Å²) in [7, 11) is 0. The number of rotatable bonds is 4. The molecule has 0 saturated carbocycles. The third kappa shape index (κ3) is 4.63. The molecule has 0 aromatic heterocycles.